The molecule has 0 spiro atoms. The Morgan fingerprint density at radius 1 is 0.909 bits per heavy atom. The Morgan fingerprint density at radius 3 is 2.39 bits per heavy atom. The van der Waals surface area contributed by atoms with Crippen LogP contribution in [0.1, 0.15) is 47.4 Å². The van der Waals surface area contributed by atoms with Gasteiger partial charge in [0.05, 0.1) is 11.7 Å². The predicted molar refractivity (Wildman–Crippen MR) is 123 cm³/mol. The van der Waals surface area contributed by atoms with E-state index in [9.17, 15) is 9.59 Å². The van der Waals surface area contributed by atoms with Gasteiger partial charge in [-0.05, 0) is 60.4 Å². The SMILES string of the molecule is O=C(Nc1ccc(CNC(=O)C2(c3ccc4c(c3)OCCO4)CCCC2)cc1)c1ccco1. The summed E-state index contributed by atoms with van der Waals surface area (Å²) in [5.74, 6) is 1.44. The van der Waals surface area contributed by atoms with Crippen molar-refractivity contribution in [2.24, 2.45) is 0 Å². The summed E-state index contributed by atoms with van der Waals surface area (Å²) in [4.78, 5) is 25.5. The fourth-order valence-electron chi connectivity index (χ4n) is 4.62. The molecule has 33 heavy (non-hydrogen) atoms. The Hall–Kier alpha value is -3.74. The third-order valence-corrected chi connectivity index (χ3v) is 6.40. The van der Waals surface area contributed by atoms with Crippen molar-refractivity contribution in [1.29, 1.82) is 0 Å². The van der Waals surface area contributed by atoms with Crippen LogP contribution in [-0.4, -0.2) is 25.0 Å². The average Bonchev–Trinajstić information content (AvgIpc) is 3.56. The first-order chi connectivity index (χ1) is 16.1. The van der Waals surface area contributed by atoms with E-state index in [1.165, 1.54) is 6.26 Å². The largest absolute Gasteiger partial charge is 0.486 e. The number of rotatable bonds is 6. The Labute approximate surface area is 192 Å². The van der Waals surface area contributed by atoms with Crippen molar-refractivity contribution in [3.63, 3.8) is 0 Å². The zero-order valence-electron chi connectivity index (χ0n) is 18.3. The van der Waals surface area contributed by atoms with Gasteiger partial charge in [-0.15, -0.1) is 0 Å². The number of hydrogen-bond donors (Lipinski definition) is 2. The van der Waals surface area contributed by atoms with Crippen molar-refractivity contribution in [3.8, 4) is 11.5 Å². The van der Waals surface area contributed by atoms with Crippen LogP contribution in [-0.2, 0) is 16.8 Å². The molecule has 0 unspecified atom stereocenters. The van der Waals surface area contributed by atoms with Crippen LogP contribution < -0.4 is 20.1 Å². The number of furan rings is 1. The zero-order chi connectivity index (χ0) is 22.7. The highest BCUT2D eigenvalue weighted by atomic mass is 16.6. The molecular formula is C26H26N2O5. The molecule has 2 aromatic carbocycles. The molecule has 5 rings (SSSR count). The van der Waals surface area contributed by atoms with Gasteiger partial charge in [0.1, 0.15) is 13.2 Å². The summed E-state index contributed by atoms with van der Waals surface area (Å²) in [5, 5.41) is 5.92. The van der Waals surface area contributed by atoms with Crippen molar-refractivity contribution >= 4 is 17.5 Å². The van der Waals surface area contributed by atoms with E-state index in [2.05, 4.69) is 10.6 Å². The van der Waals surface area contributed by atoms with Gasteiger partial charge in [-0.3, -0.25) is 9.59 Å². The number of ether oxygens (including phenoxy) is 2. The van der Waals surface area contributed by atoms with E-state index >= 15 is 0 Å². The lowest BCUT2D eigenvalue weighted by molar-refractivity contribution is -0.126. The van der Waals surface area contributed by atoms with Gasteiger partial charge in [0.2, 0.25) is 5.91 Å². The van der Waals surface area contributed by atoms with Gasteiger partial charge in [0, 0.05) is 12.2 Å². The van der Waals surface area contributed by atoms with E-state index in [1.54, 1.807) is 12.1 Å². The fraction of sp³-hybridized carbons (Fsp3) is 0.308. The van der Waals surface area contributed by atoms with Crippen LogP contribution in [0.5, 0.6) is 11.5 Å². The third-order valence-electron chi connectivity index (χ3n) is 6.40. The summed E-state index contributed by atoms with van der Waals surface area (Å²) < 4.78 is 16.5. The molecule has 3 aromatic rings. The minimum Gasteiger partial charge on any atom is -0.486 e. The van der Waals surface area contributed by atoms with E-state index in [0.717, 1.165) is 42.6 Å². The van der Waals surface area contributed by atoms with E-state index in [0.29, 0.717) is 31.2 Å². The number of nitrogens with one attached hydrogen (secondary N) is 2. The Bertz CT molecular complexity index is 1130. The quantitative estimate of drug-likeness (QED) is 0.585. The minimum atomic E-state index is -0.549. The standard InChI is InChI=1S/C26H26N2O5/c29-24(22-4-3-13-31-22)28-20-8-5-18(6-9-20)17-27-25(30)26(11-1-2-12-26)19-7-10-21-23(16-19)33-15-14-32-21/h3-10,13,16H,1-2,11-12,14-15,17H2,(H,27,30)(H,28,29). The van der Waals surface area contributed by atoms with E-state index in [4.69, 9.17) is 13.9 Å². The maximum Gasteiger partial charge on any atom is 0.291 e. The van der Waals surface area contributed by atoms with Gasteiger partial charge in [0.25, 0.3) is 5.91 Å². The molecule has 1 aliphatic carbocycles. The van der Waals surface area contributed by atoms with Crippen molar-refractivity contribution in [3.05, 3.63) is 77.7 Å². The molecule has 1 saturated carbocycles. The minimum absolute atomic E-state index is 0.0341. The van der Waals surface area contributed by atoms with Crippen LogP contribution in [0.2, 0.25) is 0 Å². The molecule has 1 fully saturated rings. The maximum absolute atomic E-state index is 13.4. The highest BCUT2D eigenvalue weighted by molar-refractivity contribution is 6.02. The smallest absolute Gasteiger partial charge is 0.291 e. The van der Waals surface area contributed by atoms with Gasteiger partial charge in [-0.1, -0.05) is 31.0 Å². The molecule has 7 nitrogen and oxygen atoms in total. The van der Waals surface area contributed by atoms with Crippen molar-refractivity contribution < 1.29 is 23.5 Å². The number of carbonyl (C=O) groups excluding carboxylic acids is 2. The van der Waals surface area contributed by atoms with Gasteiger partial charge >= 0.3 is 0 Å². The van der Waals surface area contributed by atoms with Crippen LogP contribution >= 0.6 is 0 Å². The highest BCUT2D eigenvalue weighted by Gasteiger charge is 2.43. The molecule has 1 aromatic heterocycles. The second-order valence-corrected chi connectivity index (χ2v) is 8.46. The number of hydrogen-bond acceptors (Lipinski definition) is 5. The zero-order valence-corrected chi connectivity index (χ0v) is 18.3. The van der Waals surface area contributed by atoms with Gasteiger partial charge in [-0.2, -0.15) is 0 Å². The monoisotopic (exact) mass is 446 g/mol. The average molecular weight is 447 g/mol. The number of amides is 2. The lowest BCUT2D eigenvalue weighted by Crippen LogP contribution is -2.42. The maximum atomic E-state index is 13.4. The molecular weight excluding hydrogens is 420 g/mol. The summed E-state index contributed by atoms with van der Waals surface area (Å²) in [6.07, 6.45) is 5.13. The molecule has 0 saturated heterocycles. The lowest BCUT2D eigenvalue weighted by Gasteiger charge is -2.30. The number of benzene rings is 2. The molecule has 0 bridgehead atoms. The third kappa shape index (κ3) is 4.31. The first kappa shape index (κ1) is 21.1. The number of fused-ring (bicyclic) bond motifs is 1. The molecule has 2 aliphatic rings. The van der Waals surface area contributed by atoms with Crippen molar-refractivity contribution in [2.45, 2.75) is 37.6 Å². The topological polar surface area (TPSA) is 89.8 Å². The Balaban J connectivity index is 1.25. The summed E-state index contributed by atoms with van der Waals surface area (Å²) in [5.41, 5.74) is 2.05. The fourth-order valence-corrected chi connectivity index (χ4v) is 4.62. The van der Waals surface area contributed by atoms with Gasteiger partial charge < -0.3 is 24.5 Å². The molecule has 2 N–H and O–H groups in total. The molecule has 170 valence electrons. The predicted octanol–water partition coefficient (Wildman–Crippen LogP) is 4.43. The second kappa shape index (κ2) is 9.02. The first-order valence-electron chi connectivity index (χ1n) is 11.3. The van der Waals surface area contributed by atoms with E-state index in [-0.39, 0.29) is 17.6 Å². The molecule has 0 radical (unpaired) electrons. The van der Waals surface area contributed by atoms with Crippen LogP contribution in [0.25, 0.3) is 0 Å². The van der Waals surface area contributed by atoms with Crippen LogP contribution in [0, 0.1) is 0 Å². The van der Waals surface area contributed by atoms with Crippen LogP contribution in [0.3, 0.4) is 0 Å². The number of carbonyl (C=O) groups is 2. The molecule has 7 heteroatoms. The number of anilines is 1. The molecule has 0 atom stereocenters. The normalized spacial score (nSPS) is 16.2. The van der Waals surface area contributed by atoms with Crippen LogP contribution in [0.4, 0.5) is 5.69 Å². The van der Waals surface area contributed by atoms with E-state index < -0.39 is 5.41 Å². The van der Waals surface area contributed by atoms with E-state index in [1.807, 2.05) is 42.5 Å². The molecule has 2 heterocycles. The summed E-state index contributed by atoms with van der Waals surface area (Å²) in [6.45, 7) is 1.48. The van der Waals surface area contributed by atoms with Crippen molar-refractivity contribution in [2.75, 3.05) is 18.5 Å². The summed E-state index contributed by atoms with van der Waals surface area (Å²) in [7, 11) is 0. The molecule has 2 amide bonds. The summed E-state index contributed by atoms with van der Waals surface area (Å²) >= 11 is 0. The Kier molecular flexibility index (Phi) is 5.77. The van der Waals surface area contributed by atoms with Gasteiger partial charge in [0.15, 0.2) is 17.3 Å². The molecule has 1 aliphatic heterocycles. The van der Waals surface area contributed by atoms with Crippen molar-refractivity contribution in [1.82, 2.24) is 5.32 Å². The highest BCUT2D eigenvalue weighted by Crippen LogP contribution is 2.44. The Morgan fingerprint density at radius 2 is 1.67 bits per heavy atom. The lowest BCUT2D eigenvalue weighted by atomic mass is 9.77. The second-order valence-electron chi connectivity index (χ2n) is 8.46. The summed E-state index contributed by atoms with van der Waals surface area (Å²) in [6, 6.07) is 16.6. The van der Waals surface area contributed by atoms with Gasteiger partial charge in [-0.25, -0.2) is 0 Å². The van der Waals surface area contributed by atoms with Crippen LogP contribution in [0.15, 0.2) is 65.3 Å². The first-order valence-corrected chi connectivity index (χ1v) is 11.3.